The molecule has 0 radical (unpaired) electrons. The molecule has 2 atom stereocenters. The number of allylic oxidation sites excluding steroid dienone is 1. The molecule has 2 fully saturated rings. The summed E-state index contributed by atoms with van der Waals surface area (Å²) in [7, 11) is 0. The molecular weight excluding hydrogens is 758 g/mol. The van der Waals surface area contributed by atoms with E-state index < -0.39 is 64.6 Å². The summed E-state index contributed by atoms with van der Waals surface area (Å²) >= 11 is 2.00. The van der Waals surface area contributed by atoms with E-state index in [2.05, 4.69) is 20.8 Å². The first-order chi connectivity index (χ1) is 26.4. The minimum Gasteiger partial charge on any atom is -0.477 e. The van der Waals surface area contributed by atoms with Crippen LogP contribution in [0, 0.1) is 0 Å². The molecule has 282 valence electrons. The molecule has 0 spiro atoms. The molecule has 3 aliphatic heterocycles. The Kier molecular flexibility index (Phi) is 10.2. The van der Waals surface area contributed by atoms with Gasteiger partial charge in [-0.05, 0) is 17.6 Å². The summed E-state index contributed by atoms with van der Waals surface area (Å²) in [6.07, 6.45) is -6.36. The monoisotopic (exact) mass is 788 g/mol. The summed E-state index contributed by atoms with van der Waals surface area (Å²) in [4.78, 5) is 64.6. The second-order valence-corrected chi connectivity index (χ2v) is 14.6. The minimum absolute atomic E-state index is 0.0349. The van der Waals surface area contributed by atoms with Gasteiger partial charge in [-0.25, -0.2) is 9.78 Å². The topological polar surface area (TPSA) is 176 Å². The molecule has 3 aromatic carbocycles. The molecule has 1 aromatic heterocycles. The first-order valence-electron chi connectivity index (χ1n) is 16.8. The normalized spacial score (nSPS) is 19.7. The molecule has 2 saturated heterocycles. The summed E-state index contributed by atoms with van der Waals surface area (Å²) in [5.74, 6) is -4.43. The molecule has 7 rings (SSSR count). The lowest BCUT2D eigenvalue weighted by Gasteiger charge is -2.49. The predicted octanol–water partition coefficient (Wildman–Crippen LogP) is 4.95. The minimum atomic E-state index is -4.77. The SMILES string of the molecule is Nc1nc(C(=NOC(c2ccccc2)(c2ccccc2)c2ccccc2)C(=O)N[C@@H]2C(=O)N3C(C(=O)O)=C(C(CC(F)(F)F)=C4CCNC4=O)CS[C@H]23)cs1. The Morgan fingerprint density at radius 2 is 1.56 bits per heavy atom. The van der Waals surface area contributed by atoms with Crippen LogP contribution in [0.3, 0.4) is 0 Å². The van der Waals surface area contributed by atoms with E-state index in [1.807, 2.05) is 91.0 Å². The van der Waals surface area contributed by atoms with E-state index in [4.69, 9.17) is 10.6 Å². The average molecular weight is 789 g/mol. The molecule has 0 bridgehead atoms. The summed E-state index contributed by atoms with van der Waals surface area (Å²) in [5, 5.41) is 20.3. The first-order valence-corrected chi connectivity index (χ1v) is 18.8. The highest BCUT2D eigenvalue weighted by Gasteiger charge is 2.55. The Hall–Kier alpha value is -5.94. The number of fused-ring (bicyclic) bond motifs is 1. The zero-order chi connectivity index (χ0) is 38.9. The zero-order valence-corrected chi connectivity index (χ0v) is 30.2. The van der Waals surface area contributed by atoms with Crippen LogP contribution >= 0.6 is 23.1 Å². The van der Waals surface area contributed by atoms with Crippen LogP contribution in [0.5, 0.6) is 0 Å². The lowest BCUT2D eigenvalue weighted by Crippen LogP contribution is -2.71. The number of rotatable bonds is 11. The molecule has 55 heavy (non-hydrogen) atoms. The number of carboxylic acid groups (broad SMARTS) is 1. The van der Waals surface area contributed by atoms with Gasteiger partial charge in [0.2, 0.25) is 11.5 Å². The van der Waals surface area contributed by atoms with Gasteiger partial charge in [-0.2, -0.15) is 13.2 Å². The van der Waals surface area contributed by atoms with Crippen molar-refractivity contribution in [1.82, 2.24) is 20.5 Å². The van der Waals surface area contributed by atoms with E-state index in [9.17, 15) is 37.5 Å². The van der Waals surface area contributed by atoms with Gasteiger partial charge in [0, 0.05) is 39.9 Å². The Morgan fingerprint density at radius 1 is 0.982 bits per heavy atom. The van der Waals surface area contributed by atoms with Crippen molar-refractivity contribution in [2.45, 2.75) is 36.0 Å². The van der Waals surface area contributed by atoms with Gasteiger partial charge in [-0.1, -0.05) is 96.2 Å². The second kappa shape index (κ2) is 15.1. The van der Waals surface area contributed by atoms with E-state index in [-0.39, 0.29) is 46.4 Å². The predicted molar refractivity (Wildman–Crippen MR) is 198 cm³/mol. The molecule has 3 amide bonds. The lowest BCUT2D eigenvalue weighted by molar-refractivity contribution is -0.150. The van der Waals surface area contributed by atoms with Crippen LogP contribution in [0.25, 0.3) is 0 Å². The fourth-order valence-corrected chi connectivity index (χ4v) is 8.79. The Morgan fingerprint density at radius 3 is 2.04 bits per heavy atom. The Labute approximate surface area is 319 Å². The summed E-state index contributed by atoms with van der Waals surface area (Å²) in [5.41, 5.74) is 4.68. The van der Waals surface area contributed by atoms with Gasteiger partial charge in [0.1, 0.15) is 22.8 Å². The molecule has 12 nitrogen and oxygen atoms in total. The number of carbonyl (C=O) groups is 4. The number of hydrogen-bond donors (Lipinski definition) is 4. The fraction of sp³-hybridized carbons (Fsp3) is 0.211. The van der Waals surface area contributed by atoms with Gasteiger partial charge in [0.15, 0.2) is 10.8 Å². The van der Waals surface area contributed by atoms with Crippen molar-refractivity contribution in [2.24, 2.45) is 5.16 Å². The third-order valence-electron chi connectivity index (χ3n) is 9.29. The van der Waals surface area contributed by atoms with Gasteiger partial charge in [0.25, 0.3) is 11.8 Å². The van der Waals surface area contributed by atoms with Crippen molar-refractivity contribution in [3.8, 4) is 0 Å². The molecule has 0 unspecified atom stereocenters. The Bertz CT molecular complexity index is 2150. The van der Waals surface area contributed by atoms with Crippen LogP contribution in [0.15, 0.2) is 124 Å². The number of β-lactam (4-membered cyclic amide) rings is 1. The van der Waals surface area contributed by atoms with Gasteiger partial charge >= 0.3 is 12.1 Å². The zero-order valence-electron chi connectivity index (χ0n) is 28.6. The maximum Gasteiger partial charge on any atom is 0.393 e. The number of nitrogens with two attached hydrogens (primary N) is 1. The maximum absolute atomic E-state index is 14.2. The maximum atomic E-state index is 14.2. The number of amides is 3. The second-order valence-electron chi connectivity index (χ2n) is 12.6. The fourth-order valence-electron chi connectivity index (χ4n) is 6.86. The summed E-state index contributed by atoms with van der Waals surface area (Å²) in [6, 6.07) is 26.4. The molecule has 0 aliphatic carbocycles. The average Bonchev–Trinajstić information content (AvgIpc) is 3.82. The molecule has 17 heteroatoms. The number of benzene rings is 3. The number of anilines is 1. The number of carbonyl (C=O) groups excluding carboxylic acids is 3. The standard InChI is InChI=1S/C38H31F3N6O6S2/c39-37(40,41)18-25(24-16-17-43-31(24)48)26-19-54-34-29(33(50)47(34)30(26)35(51)52)45-32(49)28(27-20-55-36(42)44-27)46-53-38(21-10-4-1-5-11-21,22-12-6-2-7-13-22)23-14-8-3-9-15-23/h1-15,20,29,34H,16-19H2,(H2,42,44)(H,43,48)(H,45,49)(H,51,52)/t29-,34-/m1/s1. The number of nitrogens with zero attached hydrogens (tertiary/aromatic N) is 3. The van der Waals surface area contributed by atoms with Crippen LogP contribution in [-0.2, 0) is 29.6 Å². The van der Waals surface area contributed by atoms with Gasteiger partial charge in [0.05, 0.1) is 6.42 Å². The van der Waals surface area contributed by atoms with Crippen LogP contribution < -0.4 is 16.4 Å². The number of carboxylic acids is 1. The molecule has 0 saturated carbocycles. The number of thiazole rings is 1. The van der Waals surface area contributed by atoms with Crippen LogP contribution in [0.1, 0.15) is 35.2 Å². The molecule has 4 aromatic rings. The summed E-state index contributed by atoms with van der Waals surface area (Å²) < 4.78 is 41.3. The van der Waals surface area contributed by atoms with Crippen molar-refractivity contribution in [3.05, 3.63) is 141 Å². The smallest absolute Gasteiger partial charge is 0.393 e. The largest absolute Gasteiger partial charge is 0.477 e. The van der Waals surface area contributed by atoms with E-state index in [0.29, 0.717) is 16.7 Å². The van der Waals surface area contributed by atoms with Crippen LogP contribution in [-0.4, -0.2) is 74.3 Å². The number of thioether (sulfide) groups is 1. The van der Waals surface area contributed by atoms with Gasteiger partial charge in [-0.15, -0.1) is 23.1 Å². The number of nitrogen functional groups attached to an aromatic ring is 1. The van der Waals surface area contributed by atoms with E-state index >= 15 is 0 Å². The molecule has 5 N–H and O–H groups in total. The van der Waals surface area contributed by atoms with Crippen LogP contribution in [0.2, 0.25) is 0 Å². The lowest BCUT2D eigenvalue weighted by atomic mass is 9.80. The van der Waals surface area contributed by atoms with Crippen molar-refractivity contribution in [3.63, 3.8) is 0 Å². The molecular formula is C38H31F3N6O6S2. The van der Waals surface area contributed by atoms with Crippen molar-refractivity contribution in [2.75, 3.05) is 18.0 Å². The van der Waals surface area contributed by atoms with Gasteiger partial charge < -0.3 is 26.3 Å². The summed E-state index contributed by atoms with van der Waals surface area (Å²) in [6.45, 7) is 0.0964. The number of nitrogens with one attached hydrogen (secondary N) is 2. The first kappa shape index (κ1) is 37.4. The highest BCUT2D eigenvalue weighted by Crippen LogP contribution is 2.46. The number of aliphatic carboxylic acids is 1. The quantitative estimate of drug-likeness (QED) is 0.0539. The Balaban J connectivity index is 1.25. The third kappa shape index (κ3) is 7.19. The van der Waals surface area contributed by atoms with Crippen molar-refractivity contribution in [1.29, 1.82) is 0 Å². The van der Waals surface area contributed by atoms with E-state index in [1.54, 1.807) is 0 Å². The number of halogens is 3. The number of oxime groups is 1. The number of aromatic nitrogens is 1. The highest BCUT2D eigenvalue weighted by molar-refractivity contribution is 8.00. The van der Waals surface area contributed by atoms with Crippen LogP contribution in [0.4, 0.5) is 18.3 Å². The van der Waals surface area contributed by atoms with Crippen molar-refractivity contribution >= 4 is 57.6 Å². The van der Waals surface area contributed by atoms with Crippen molar-refractivity contribution < 1.29 is 42.3 Å². The number of alkyl halides is 3. The molecule has 3 aliphatic rings. The van der Waals surface area contributed by atoms with E-state index in [0.717, 1.165) is 28.0 Å². The third-order valence-corrected chi connectivity index (χ3v) is 11.2. The van der Waals surface area contributed by atoms with E-state index in [1.165, 1.54) is 5.38 Å². The van der Waals surface area contributed by atoms with Gasteiger partial charge in [-0.3, -0.25) is 19.3 Å². The highest BCUT2D eigenvalue weighted by atomic mass is 32.2. The molecule has 4 heterocycles. The number of hydrogen-bond acceptors (Lipinski definition) is 10.